The fourth-order valence-corrected chi connectivity index (χ4v) is 1.28. The molecule has 4 heteroatoms. The number of carbonyl (C=O) groups excluding carboxylic acids is 1. The summed E-state index contributed by atoms with van der Waals surface area (Å²) in [6.07, 6.45) is 5.90. The van der Waals surface area contributed by atoms with Gasteiger partial charge in [0.2, 0.25) is 5.91 Å². The first-order chi connectivity index (χ1) is 6.17. The van der Waals surface area contributed by atoms with Crippen molar-refractivity contribution in [2.75, 3.05) is 19.1 Å². The molecule has 1 saturated heterocycles. The molecule has 0 aromatic carbocycles. The number of hydrogen-bond donors (Lipinski definition) is 0. The van der Waals surface area contributed by atoms with Gasteiger partial charge in [-0.05, 0) is 25.4 Å². The highest BCUT2D eigenvalue weighted by atomic mass is 32.2. The van der Waals surface area contributed by atoms with E-state index in [2.05, 4.69) is 6.07 Å². The van der Waals surface area contributed by atoms with E-state index in [-0.39, 0.29) is 11.9 Å². The number of carbonyl (C=O) groups is 1. The van der Waals surface area contributed by atoms with Gasteiger partial charge >= 0.3 is 0 Å². The van der Waals surface area contributed by atoms with Crippen molar-refractivity contribution < 1.29 is 4.79 Å². The van der Waals surface area contributed by atoms with Crippen LogP contribution in [0.4, 0.5) is 0 Å². The molecule has 1 rings (SSSR count). The SMILES string of the molecule is CC(=O)N1CCCC1C#N.CSC. The van der Waals surface area contributed by atoms with E-state index in [1.54, 1.807) is 16.7 Å². The molecule has 1 aliphatic rings. The molecular formula is C9H16N2OS. The van der Waals surface area contributed by atoms with Crippen LogP contribution in [0.2, 0.25) is 0 Å². The molecule has 1 atom stereocenters. The third-order valence-corrected chi connectivity index (χ3v) is 1.81. The highest BCUT2D eigenvalue weighted by Crippen LogP contribution is 2.15. The van der Waals surface area contributed by atoms with Crippen molar-refractivity contribution in [3.63, 3.8) is 0 Å². The number of nitrogens with zero attached hydrogens (tertiary/aromatic N) is 2. The lowest BCUT2D eigenvalue weighted by molar-refractivity contribution is -0.128. The van der Waals surface area contributed by atoms with Gasteiger partial charge in [0.25, 0.3) is 0 Å². The predicted molar refractivity (Wildman–Crippen MR) is 55.5 cm³/mol. The minimum Gasteiger partial charge on any atom is -0.327 e. The molecule has 3 nitrogen and oxygen atoms in total. The summed E-state index contributed by atoms with van der Waals surface area (Å²) in [5.41, 5.74) is 0. The van der Waals surface area contributed by atoms with Crippen LogP contribution in [0.25, 0.3) is 0 Å². The molecule has 0 aliphatic carbocycles. The average Bonchev–Trinajstić information content (AvgIpc) is 2.52. The summed E-state index contributed by atoms with van der Waals surface area (Å²) in [6.45, 7) is 2.27. The first kappa shape index (κ1) is 12.3. The van der Waals surface area contributed by atoms with Gasteiger partial charge in [-0.25, -0.2) is 0 Å². The summed E-state index contributed by atoms with van der Waals surface area (Å²) in [5, 5.41) is 8.54. The Labute approximate surface area is 84.1 Å². The minimum absolute atomic E-state index is 0.0176. The number of rotatable bonds is 0. The predicted octanol–water partition coefficient (Wildman–Crippen LogP) is 1.50. The molecule has 74 valence electrons. The van der Waals surface area contributed by atoms with E-state index in [4.69, 9.17) is 5.26 Å². The van der Waals surface area contributed by atoms with E-state index in [1.165, 1.54) is 6.92 Å². The van der Waals surface area contributed by atoms with E-state index in [0.29, 0.717) is 0 Å². The summed E-state index contributed by atoms with van der Waals surface area (Å²) >= 11 is 1.75. The molecule has 0 spiro atoms. The number of thioether (sulfide) groups is 1. The summed E-state index contributed by atoms with van der Waals surface area (Å²) in [4.78, 5) is 12.4. The quantitative estimate of drug-likeness (QED) is 0.595. The molecule has 0 saturated carbocycles. The van der Waals surface area contributed by atoms with Gasteiger partial charge in [-0.3, -0.25) is 4.79 Å². The van der Waals surface area contributed by atoms with Crippen molar-refractivity contribution in [2.24, 2.45) is 0 Å². The van der Waals surface area contributed by atoms with Gasteiger partial charge in [-0.2, -0.15) is 17.0 Å². The van der Waals surface area contributed by atoms with E-state index >= 15 is 0 Å². The molecular weight excluding hydrogens is 184 g/mol. The van der Waals surface area contributed by atoms with Crippen LogP contribution in [0.5, 0.6) is 0 Å². The molecule has 1 heterocycles. The van der Waals surface area contributed by atoms with Gasteiger partial charge in [0.15, 0.2) is 0 Å². The first-order valence-electron chi connectivity index (χ1n) is 4.24. The topological polar surface area (TPSA) is 44.1 Å². The molecule has 0 radical (unpaired) electrons. The summed E-state index contributed by atoms with van der Waals surface area (Å²) < 4.78 is 0. The Hall–Kier alpha value is -0.690. The third kappa shape index (κ3) is 4.18. The maximum atomic E-state index is 10.8. The number of hydrogen-bond acceptors (Lipinski definition) is 3. The highest BCUT2D eigenvalue weighted by molar-refractivity contribution is 7.97. The standard InChI is InChI=1S/C7H10N2O.C2H6S/c1-6(10)9-4-2-3-7(9)5-8;1-3-2/h7H,2-4H2,1H3;1-2H3. The van der Waals surface area contributed by atoms with Gasteiger partial charge in [-0.1, -0.05) is 0 Å². The number of likely N-dealkylation sites (tertiary alicyclic amines) is 1. The van der Waals surface area contributed by atoms with Crippen LogP contribution in [0.15, 0.2) is 0 Å². The molecule has 1 fully saturated rings. The maximum absolute atomic E-state index is 10.8. The van der Waals surface area contributed by atoms with Gasteiger partial charge in [0.1, 0.15) is 6.04 Å². The van der Waals surface area contributed by atoms with Crippen LogP contribution in [0.3, 0.4) is 0 Å². The molecule has 0 bridgehead atoms. The molecule has 1 aliphatic heterocycles. The summed E-state index contributed by atoms with van der Waals surface area (Å²) in [5.74, 6) is 0.0176. The Bertz CT molecular complexity index is 200. The zero-order chi connectivity index (χ0) is 10.3. The second-order valence-electron chi connectivity index (χ2n) is 2.91. The Kier molecular flexibility index (Phi) is 6.43. The number of nitriles is 1. The molecule has 1 amide bonds. The summed E-state index contributed by atoms with van der Waals surface area (Å²) in [6, 6.07) is 1.95. The largest absolute Gasteiger partial charge is 0.327 e. The second-order valence-corrected chi connectivity index (χ2v) is 3.72. The van der Waals surface area contributed by atoms with Crippen LogP contribution in [-0.4, -0.2) is 35.9 Å². The second kappa shape index (κ2) is 6.79. The lowest BCUT2D eigenvalue weighted by atomic mass is 10.2. The Morgan fingerprint density at radius 3 is 2.46 bits per heavy atom. The Morgan fingerprint density at radius 2 is 2.15 bits per heavy atom. The smallest absolute Gasteiger partial charge is 0.220 e. The van der Waals surface area contributed by atoms with Gasteiger partial charge in [-0.15, -0.1) is 0 Å². The van der Waals surface area contributed by atoms with Crippen molar-refractivity contribution in [1.82, 2.24) is 4.90 Å². The third-order valence-electron chi connectivity index (χ3n) is 1.81. The van der Waals surface area contributed by atoms with Crippen LogP contribution in [0, 0.1) is 11.3 Å². The monoisotopic (exact) mass is 200 g/mol. The maximum Gasteiger partial charge on any atom is 0.220 e. The van der Waals surface area contributed by atoms with E-state index in [0.717, 1.165) is 19.4 Å². The Balaban J connectivity index is 0.000000424. The van der Waals surface area contributed by atoms with Gasteiger partial charge < -0.3 is 4.90 Å². The number of amides is 1. The van der Waals surface area contributed by atoms with E-state index in [9.17, 15) is 4.79 Å². The Morgan fingerprint density at radius 1 is 1.62 bits per heavy atom. The van der Waals surface area contributed by atoms with Crippen molar-refractivity contribution in [1.29, 1.82) is 5.26 Å². The van der Waals surface area contributed by atoms with Crippen LogP contribution in [-0.2, 0) is 4.79 Å². The van der Waals surface area contributed by atoms with Crippen molar-refractivity contribution in [2.45, 2.75) is 25.8 Å². The first-order valence-corrected chi connectivity index (χ1v) is 5.87. The van der Waals surface area contributed by atoms with Crippen LogP contribution in [0.1, 0.15) is 19.8 Å². The van der Waals surface area contributed by atoms with Gasteiger partial charge in [0, 0.05) is 13.5 Å². The van der Waals surface area contributed by atoms with Crippen molar-refractivity contribution in [3.8, 4) is 6.07 Å². The molecule has 0 aromatic rings. The fraction of sp³-hybridized carbons (Fsp3) is 0.778. The zero-order valence-electron chi connectivity index (χ0n) is 8.41. The normalized spacial score (nSPS) is 20.2. The lowest BCUT2D eigenvalue weighted by Gasteiger charge is -2.16. The fourth-order valence-electron chi connectivity index (χ4n) is 1.28. The van der Waals surface area contributed by atoms with E-state index < -0.39 is 0 Å². The van der Waals surface area contributed by atoms with Crippen LogP contribution >= 0.6 is 11.8 Å². The molecule has 0 aromatic heterocycles. The van der Waals surface area contributed by atoms with E-state index in [1.807, 2.05) is 12.5 Å². The van der Waals surface area contributed by atoms with Crippen LogP contribution < -0.4 is 0 Å². The minimum atomic E-state index is -0.155. The van der Waals surface area contributed by atoms with Gasteiger partial charge in [0.05, 0.1) is 6.07 Å². The lowest BCUT2D eigenvalue weighted by Crippen LogP contribution is -2.32. The van der Waals surface area contributed by atoms with Crippen molar-refractivity contribution in [3.05, 3.63) is 0 Å². The zero-order valence-corrected chi connectivity index (χ0v) is 9.23. The molecule has 0 N–H and O–H groups in total. The molecule has 1 unspecified atom stereocenters. The summed E-state index contributed by atoms with van der Waals surface area (Å²) in [7, 11) is 0. The average molecular weight is 200 g/mol. The van der Waals surface area contributed by atoms with Crippen molar-refractivity contribution >= 4 is 17.7 Å². The highest BCUT2D eigenvalue weighted by Gasteiger charge is 2.25. The molecule has 13 heavy (non-hydrogen) atoms.